The van der Waals surface area contributed by atoms with Crippen molar-refractivity contribution in [2.24, 2.45) is 0 Å². The van der Waals surface area contributed by atoms with Gasteiger partial charge in [-0.15, -0.1) is 0 Å². The standard InChI is InChI=1S/C22H31NO7S/c1-5-7-10-23(18-9-11-31(26,27)15-18)20(24)14-30-22(25)17-12-16(8-6-2)21(29-4)19(13-17)28-3/h6,8,12-13,18H,5,7,9-11,14-15H2,1-4H3/b8-6+. The van der Waals surface area contributed by atoms with E-state index in [1.165, 1.54) is 20.3 Å². The number of rotatable bonds is 10. The highest BCUT2D eigenvalue weighted by molar-refractivity contribution is 7.91. The third-order valence-corrected chi connectivity index (χ3v) is 6.89. The van der Waals surface area contributed by atoms with Gasteiger partial charge in [-0.05, 0) is 31.9 Å². The molecule has 0 N–H and O–H groups in total. The van der Waals surface area contributed by atoms with Gasteiger partial charge in [-0.25, -0.2) is 13.2 Å². The maximum atomic E-state index is 12.8. The van der Waals surface area contributed by atoms with Crippen molar-refractivity contribution in [3.8, 4) is 11.5 Å². The molecule has 0 aliphatic carbocycles. The lowest BCUT2D eigenvalue weighted by atomic mass is 10.1. The van der Waals surface area contributed by atoms with Crippen molar-refractivity contribution in [2.75, 3.05) is 38.9 Å². The Bertz CT molecular complexity index is 924. The zero-order chi connectivity index (χ0) is 23.0. The largest absolute Gasteiger partial charge is 0.493 e. The van der Waals surface area contributed by atoms with Gasteiger partial charge in [0.05, 0.1) is 31.3 Å². The van der Waals surface area contributed by atoms with Gasteiger partial charge in [0.2, 0.25) is 0 Å². The molecule has 0 aromatic heterocycles. The first kappa shape index (κ1) is 24.7. The minimum Gasteiger partial charge on any atom is -0.493 e. The fraction of sp³-hybridized carbons (Fsp3) is 0.545. The normalized spacial score (nSPS) is 17.5. The van der Waals surface area contributed by atoms with Crippen molar-refractivity contribution in [3.63, 3.8) is 0 Å². The number of hydrogen-bond acceptors (Lipinski definition) is 7. The van der Waals surface area contributed by atoms with E-state index in [2.05, 4.69) is 0 Å². The minimum absolute atomic E-state index is 0.0429. The summed E-state index contributed by atoms with van der Waals surface area (Å²) >= 11 is 0. The van der Waals surface area contributed by atoms with Gasteiger partial charge in [-0.3, -0.25) is 4.79 Å². The molecule has 0 saturated carbocycles. The molecule has 1 unspecified atom stereocenters. The number of benzene rings is 1. The van der Waals surface area contributed by atoms with Crippen molar-refractivity contribution >= 4 is 27.8 Å². The second-order valence-corrected chi connectivity index (χ2v) is 9.60. The van der Waals surface area contributed by atoms with E-state index in [0.717, 1.165) is 12.8 Å². The van der Waals surface area contributed by atoms with Crippen LogP contribution in [0.1, 0.15) is 49.0 Å². The average molecular weight is 454 g/mol. The molecular formula is C22H31NO7S. The monoisotopic (exact) mass is 453 g/mol. The zero-order valence-electron chi connectivity index (χ0n) is 18.5. The SMILES string of the molecule is C/C=C/c1cc(C(=O)OCC(=O)N(CCCC)C2CCS(=O)(=O)C2)cc(OC)c1OC. The molecule has 31 heavy (non-hydrogen) atoms. The third kappa shape index (κ3) is 6.46. The van der Waals surface area contributed by atoms with Crippen LogP contribution < -0.4 is 9.47 Å². The van der Waals surface area contributed by atoms with E-state index in [-0.39, 0.29) is 23.1 Å². The lowest BCUT2D eigenvalue weighted by Gasteiger charge is -2.28. The Balaban J connectivity index is 2.14. The van der Waals surface area contributed by atoms with Crippen LogP contribution in [0, 0.1) is 0 Å². The van der Waals surface area contributed by atoms with Gasteiger partial charge in [0.15, 0.2) is 27.9 Å². The number of esters is 1. The van der Waals surface area contributed by atoms with Crippen LogP contribution in [-0.4, -0.2) is 70.1 Å². The average Bonchev–Trinajstić information content (AvgIpc) is 3.11. The Morgan fingerprint density at radius 1 is 1.23 bits per heavy atom. The molecule has 0 bridgehead atoms. The first-order valence-corrected chi connectivity index (χ1v) is 12.1. The van der Waals surface area contributed by atoms with E-state index >= 15 is 0 Å². The van der Waals surface area contributed by atoms with Crippen LogP contribution in [0.5, 0.6) is 11.5 Å². The number of methoxy groups -OCH3 is 2. The maximum Gasteiger partial charge on any atom is 0.338 e. The van der Waals surface area contributed by atoms with E-state index in [0.29, 0.717) is 30.0 Å². The third-order valence-electron chi connectivity index (χ3n) is 5.14. The number of ether oxygens (including phenoxy) is 3. The predicted octanol–water partition coefficient (Wildman–Crippen LogP) is 2.71. The second-order valence-electron chi connectivity index (χ2n) is 7.37. The van der Waals surface area contributed by atoms with Crippen molar-refractivity contribution in [1.82, 2.24) is 4.90 Å². The summed E-state index contributed by atoms with van der Waals surface area (Å²) in [5.41, 5.74) is 0.866. The topological polar surface area (TPSA) is 99.2 Å². The number of carbonyl (C=O) groups excluding carboxylic acids is 2. The number of amides is 1. The molecule has 2 rings (SSSR count). The summed E-state index contributed by atoms with van der Waals surface area (Å²) in [6.07, 6.45) is 5.60. The molecule has 1 aromatic rings. The van der Waals surface area contributed by atoms with Gasteiger partial charge in [-0.2, -0.15) is 0 Å². The number of nitrogens with zero attached hydrogens (tertiary/aromatic N) is 1. The molecular weight excluding hydrogens is 422 g/mol. The molecule has 0 spiro atoms. The van der Waals surface area contributed by atoms with Gasteiger partial charge >= 0.3 is 5.97 Å². The van der Waals surface area contributed by atoms with Crippen LogP contribution in [0.3, 0.4) is 0 Å². The minimum atomic E-state index is -3.13. The van der Waals surface area contributed by atoms with Crippen LogP contribution in [-0.2, 0) is 19.4 Å². The number of unbranched alkanes of at least 4 members (excludes halogenated alkanes) is 1. The Morgan fingerprint density at radius 2 is 1.97 bits per heavy atom. The fourth-order valence-corrected chi connectivity index (χ4v) is 5.30. The van der Waals surface area contributed by atoms with Crippen molar-refractivity contribution in [1.29, 1.82) is 0 Å². The predicted molar refractivity (Wildman–Crippen MR) is 118 cm³/mol. The van der Waals surface area contributed by atoms with Crippen LogP contribution in [0.2, 0.25) is 0 Å². The fourth-order valence-electron chi connectivity index (χ4n) is 3.57. The lowest BCUT2D eigenvalue weighted by Crippen LogP contribution is -2.43. The van der Waals surface area contributed by atoms with E-state index in [1.54, 1.807) is 23.1 Å². The van der Waals surface area contributed by atoms with Crippen LogP contribution in [0.4, 0.5) is 0 Å². The molecule has 8 nitrogen and oxygen atoms in total. The highest BCUT2D eigenvalue weighted by Crippen LogP contribution is 2.33. The molecule has 1 heterocycles. The summed E-state index contributed by atoms with van der Waals surface area (Å²) in [6, 6.07) is 2.73. The van der Waals surface area contributed by atoms with Crippen LogP contribution >= 0.6 is 0 Å². The summed E-state index contributed by atoms with van der Waals surface area (Å²) < 4.78 is 39.6. The molecule has 1 aliphatic heterocycles. The van der Waals surface area contributed by atoms with E-state index in [1.807, 2.05) is 13.8 Å². The summed E-state index contributed by atoms with van der Waals surface area (Å²) in [6.45, 7) is 3.82. The van der Waals surface area contributed by atoms with Crippen LogP contribution in [0.25, 0.3) is 6.08 Å². The molecule has 0 radical (unpaired) electrons. The van der Waals surface area contributed by atoms with Gasteiger partial charge in [0.25, 0.3) is 5.91 Å². The molecule has 172 valence electrons. The van der Waals surface area contributed by atoms with Crippen molar-refractivity contribution in [3.05, 3.63) is 29.3 Å². The Hall–Kier alpha value is -2.55. The molecule has 9 heteroatoms. The quantitative estimate of drug-likeness (QED) is 0.502. The molecule has 1 atom stereocenters. The molecule has 1 amide bonds. The van der Waals surface area contributed by atoms with Gasteiger partial charge in [0, 0.05) is 18.2 Å². The first-order chi connectivity index (χ1) is 14.8. The van der Waals surface area contributed by atoms with Gasteiger partial charge in [-0.1, -0.05) is 25.5 Å². The summed E-state index contributed by atoms with van der Waals surface area (Å²) in [7, 11) is -0.153. The lowest BCUT2D eigenvalue weighted by molar-refractivity contribution is -0.136. The van der Waals surface area contributed by atoms with Crippen molar-refractivity contribution in [2.45, 2.75) is 39.2 Å². The smallest absolute Gasteiger partial charge is 0.338 e. The highest BCUT2D eigenvalue weighted by Gasteiger charge is 2.34. The summed E-state index contributed by atoms with van der Waals surface area (Å²) in [5, 5.41) is 0. The Morgan fingerprint density at radius 3 is 2.52 bits per heavy atom. The van der Waals surface area contributed by atoms with Crippen molar-refractivity contribution < 1.29 is 32.2 Å². The number of allylic oxidation sites excluding steroid dienone is 1. The Kier molecular flexibility index (Phi) is 8.91. The second kappa shape index (κ2) is 11.2. The zero-order valence-corrected chi connectivity index (χ0v) is 19.4. The number of carbonyl (C=O) groups is 2. The molecule has 1 aromatic carbocycles. The molecule has 1 aliphatic rings. The molecule has 1 fully saturated rings. The number of hydrogen-bond donors (Lipinski definition) is 0. The van der Waals surface area contributed by atoms with Crippen LogP contribution in [0.15, 0.2) is 18.2 Å². The number of sulfone groups is 1. The Labute approximate surface area is 184 Å². The first-order valence-electron chi connectivity index (χ1n) is 10.3. The summed E-state index contributed by atoms with van der Waals surface area (Å²) in [4.78, 5) is 26.9. The summed E-state index contributed by atoms with van der Waals surface area (Å²) in [5.74, 6) is -0.169. The molecule has 1 saturated heterocycles. The van der Waals surface area contributed by atoms with E-state index in [4.69, 9.17) is 14.2 Å². The van der Waals surface area contributed by atoms with E-state index < -0.39 is 28.3 Å². The highest BCUT2D eigenvalue weighted by atomic mass is 32.2. The van der Waals surface area contributed by atoms with E-state index in [9.17, 15) is 18.0 Å². The maximum absolute atomic E-state index is 12.8. The van der Waals surface area contributed by atoms with Gasteiger partial charge < -0.3 is 19.1 Å². The van der Waals surface area contributed by atoms with Gasteiger partial charge in [0.1, 0.15) is 0 Å².